The fourth-order valence-electron chi connectivity index (χ4n) is 1.41. The number of amides is 1. The second-order valence-corrected chi connectivity index (χ2v) is 3.52. The molecule has 2 N–H and O–H groups in total. The molecule has 0 aliphatic rings. The minimum atomic E-state index is -1.16. The molecule has 0 aromatic heterocycles. The number of carbonyl (C=O) groups is 2. The molecular weight excluding hydrogens is 222 g/mol. The Kier molecular flexibility index (Phi) is 4.51. The van der Waals surface area contributed by atoms with Crippen molar-refractivity contribution in [3.63, 3.8) is 0 Å². The smallest absolute Gasteiger partial charge is 0.409 e. The highest BCUT2D eigenvalue weighted by Gasteiger charge is 2.10. The summed E-state index contributed by atoms with van der Waals surface area (Å²) in [6, 6.07) is 4.95. The molecule has 0 saturated carbocycles. The Morgan fingerprint density at radius 1 is 1.41 bits per heavy atom. The van der Waals surface area contributed by atoms with Gasteiger partial charge in [-0.05, 0) is 11.6 Å². The topological polar surface area (TPSA) is 75.6 Å². The molecule has 0 spiro atoms. The van der Waals surface area contributed by atoms with Gasteiger partial charge in [0.15, 0.2) is 0 Å². The zero-order valence-corrected chi connectivity index (χ0v) is 9.82. The third kappa shape index (κ3) is 3.79. The van der Waals surface area contributed by atoms with Gasteiger partial charge in [-0.15, -0.1) is 0 Å². The van der Waals surface area contributed by atoms with Gasteiger partial charge in [-0.1, -0.05) is 13.0 Å². The number of nitrogens with one attached hydrogen (secondary N) is 1. The van der Waals surface area contributed by atoms with Crippen LogP contribution in [0.15, 0.2) is 18.2 Å². The maximum absolute atomic E-state index is 11.4. The van der Waals surface area contributed by atoms with Crippen molar-refractivity contribution in [3.05, 3.63) is 23.8 Å². The number of carboxylic acid groups (broad SMARTS) is 1. The van der Waals surface area contributed by atoms with Gasteiger partial charge in [-0.2, -0.15) is 0 Å². The number of ketones is 1. The maximum Gasteiger partial charge on any atom is 0.409 e. The highest BCUT2D eigenvalue weighted by molar-refractivity contribution is 5.88. The number of benzene rings is 1. The average molecular weight is 237 g/mol. The van der Waals surface area contributed by atoms with Crippen molar-refractivity contribution in [3.8, 4) is 5.75 Å². The van der Waals surface area contributed by atoms with Gasteiger partial charge in [0.1, 0.15) is 11.5 Å². The molecule has 1 aromatic rings. The number of ether oxygens (including phenoxy) is 1. The Balaban J connectivity index is 3.01. The van der Waals surface area contributed by atoms with E-state index in [0.29, 0.717) is 23.4 Å². The van der Waals surface area contributed by atoms with Crippen molar-refractivity contribution in [2.75, 3.05) is 12.4 Å². The first-order valence-corrected chi connectivity index (χ1v) is 5.25. The molecule has 92 valence electrons. The number of anilines is 1. The van der Waals surface area contributed by atoms with E-state index in [1.54, 1.807) is 25.1 Å². The van der Waals surface area contributed by atoms with E-state index in [1.165, 1.54) is 7.11 Å². The van der Waals surface area contributed by atoms with Gasteiger partial charge in [-0.3, -0.25) is 10.1 Å². The van der Waals surface area contributed by atoms with Gasteiger partial charge in [-0.25, -0.2) is 4.79 Å². The van der Waals surface area contributed by atoms with Crippen LogP contribution in [0.1, 0.15) is 18.9 Å². The van der Waals surface area contributed by atoms with Crippen LogP contribution in [0.5, 0.6) is 5.75 Å². The van der Waals surface area contributed by atoms with E-state index in [4.69, 9.17) is 9.84 Å². The number of hydrogen-bond donors (Lipinski definition) is 2. The van der Waals surface area contributed by atoms with E-state index in [1.807, 2.05) is 0 Å². The van der Waals surface area contributed by atoms with Crippen LogP contribution >= 0.6 is 0 Å². The molecule has 0 heterocycles. The predicted octanol–water partition coefficient (Wildman–Crippen LogP) is 2.31. The van der Waals surface area contributed by atoms with Gasteiger partial charge in [0, 0.05) is 18.9 Å². The molecule has 5 heteroatoms. The standard InChI is InChI=1S/C12H15NO4/c1-3-9(14)6-8-4-5-10(17-2)7-11(8)13-12(15)16/h4-5,7,13H,3,6H2,1-2H3,(H,15,16). The van der Waals surface area contributed by atoms with Crippen molar-refractivity contribution >= 4 is 17.6 Å². The lowest BCUT2D eigenvalue weighted by atomic mass is 10.1. The zero-order chi connectivity index (χ0) is 12.8. The van der Waals surface area contributed by atoms with E-state index >= 15 is 0 Å². The highest BCUT2D eigenvalue weighted by Crippen LogP contribution is 2.23. The van der Waals surface area contributed by atoms with E-state index in [9.17, 15) is 9.59 Å². The van der Waals surface area contributed by atoms with Crippen LogP contribution in [-0.2, 0) is 11.2 Å². The summed E-state index contributed by atoms with van der Waals surface area (Å²) in [5, 5.41) is 11.0. The molecule has 0 bridgehead atoms. The zero-order valence-electron chi connectivity index (χ0n) is 9.82. The van der Waals surface area contributed by atoms with Crippen molar-refractivity contribution in [1.82, 2.24) is 0 Å². The fraction of sp³-hybridized carbons (Fsp3) is 0.333. The lowest BCUT2D eigenvalue weighted by molar-refractivity contribution is -0.118. The van der Waals surface area contributed by atoms with E-state index in [2.05, 4.69) is 5.32 Å². The summed E-state index contributed by atoms with van der Waals surface area (Å²) in [5.74, 6) is 0.602. The summed E-state index contributed by atoms with van der Waals surface area (Å²) in [7, 11) is 1.50. The van der Waals surface area contributed by atoms with Crippen LogP contribution in [0.2, 0.25) is 0 Å². The minimum absolute atomic E-state index is 0.0589. The van der Waals surface area contributed by atoms with Crippen molar-refractivity contribution in [2.45, 2.75) is 19.8 Å². The van der Waals surface area contributed by atoms with Crippen molar-refractivity contribution < 1.29 is 19.4 Å². The lowest BCUT2D eigenvalue weighted by Crippen LogP contribution is -2.11. The predicted molar refractivity (Wildman–Crippen MR) is 63.6 cm³/mol. The van der Waals surface area contributed by atoms with E-state index < -0.39 is 6.09 Å². The molecule has 0 saturated heterocycles. The number of Topliss-reactive ketones (excluding diaryl/α,β-unsaturated/α-hetero) is 1. The third-order valence-electron chi connectivity index (χ3n) is 2.34. The Morgan fingerprint density at radius 3 is 2.65 bits per heavy atom. The molecule has 1 rings (SSSR count). The molecule has 0 radical (unpaired) electrons. The summed E-state index contributed by atoms with van der Waals surface area (Å²) in [6.45, 7) is 1.77. The average Bonchev–Trinajstić information content (AvgIpc) is 2.30. The van der Waals surface area contributed by atoms with Crippen molar-refractivity contribution in [1.29, 1.82) is 0 Å². The van der Waals surface area contributed by atoms with E-state index in [-0.39, 0.29) is 12.2 Å². The molecule has 0 aliphatic carbocycles. The van der Waals surface area contributed by atoms with Crippen LogP contribution < -0.4 is 10.1 Å². The van der Waals surface area contributed by atoms with Gasteiger partial charge in [0.05, 0.1) is 12.8 Å². The van der Waals surface area contributed by atoms with Crippen LogP contribution in [0.4, 0.5) is 10.5 Å². The Morgan fingerprint density at radius 2 is 2.12 bits per heavy atom. The van der Waals surface area contributed by atoms with Gasteiger partial charge >= 0.3 is 6.09 Å². The second kappa shape index (κ2) is 5.89. The monoisotopic (exact) mass is 237 g/mol. The molecule has 0 unspecified atom stereocenters. The molecular formula is C12H15NO4. The summed E-state index contributed by atoms with van der Waals surface area (Å²) in [6.07, 6.45) is -0.516. The summed E-state index contributed by atoms with van der Waals surface area (Å²) in [4.78, 5) is 22.0. The first-order chi connectivity index (χ1) is 8.06. The summed E-state index contributed by atoms with van der Waals surface area (Å²) in [5.41, 5.74) is 1.04. The van der Waals surface area contributed by atoms with Gasteiger partial charge in [0.25, 0.3) is 0 Å². The van der Waals surface area contributed by atoms with Crippen LogP contribution in [0.3, 0.4) is 0 Å². The Hall–Kier alpha value is -2.04. The third-order valence-corrected chi connectivity index (χ3v) is 2.34. The first kappa shape index (κ1) is 13.0. The quantitative estimate of drug-likeness (QED) is 0.823. The molecule has 1 amide bonds. The minimum Gasteiger partial charge on any atom is -0.497 e. The Labute approximate surface area is 99.4 Å². The van der Waals surface area contributed by atoms with Crippen LogP contribution in [0, 0.1) is 0 Å². The van der Waals surface area contributed by atoms with Gasteiger partial charge in [0.2, 0.25) is 0 Å². The largest absolute Gasteiger partial charge is 0.497 e. The number of carbonyl (C=O) groups excluding carboxylic acids is 1. The normalized spacial score (nSPS) is 9.76. The number of rotatable bonds is 5. The molecule has 1 aromatic carbocycles. The molecule has 0 atom stereocenters. The van der Waals surface area contributed by atoms with Crippen LogP contribution in [0.25, 0.3) is 0 Å². The first-order valence-electron chi connectivity index (χ1n) is 5.25. The highest BCUT2D eigenvalue weighted by atomic mass is 16.5. The second-order valence-electron chi connectivity index (χ2n) is 3.52. The SMILES string of the molecule is CCC(=O)Cc1ccc(OC)cc1NC(=O)O. The number of methoxy groups -OCH3 is 1. The molecule has 5 nitrogen and oxygen atoms in total. The lowest BCUT2D eigenvalue weighted by Gasteiger charge is -2.10. The molecule has 0 aliphatic heterocycles. The Bertz CT molecular complexity index is 429. The number of hydrogen-bond acceptors (Lipinski definition) is 3. The maximum atomic E-state index is 11.4. The van der Waals surface area contributed by atoms with E-state index in [0.717, 1.165) is 0 Å². The summed E-state index contributed by atoms with van der Waals surface area (Å²) >= 11 is 0. The fourth-order valence-corrected chi connectivity index (χ4v) is 1.41. The molecule has 0 fully saturated rings. The van der Waals surface area contributed by atoms with Crippen molar-refractivity contribution in [2.24, 2.45) is 0 Å². The van der Waals surface area contributed by atoms with Crippen LogP contribution in [-0.4, -0.2) is 24.1 Å². The summed E-state index contributed by atoms with van der Waals surface area (Å²) < 4.78 is 5.00. The molecule has 17 heavy (non-hydrogen) atoms. The van der Waals surface area contributed by atoms with Gasteiger partial charge < -0.3 is 9.84 Å².